The van der Waals surface area contributed by atoms with Crippen LogP contribution in [0.5, 0.6) is 0 Å². The van der Waals surface area contributed by atoms with Crippen molar-refractivity contribution in [3.63, 3.8) is 0 Å². The minimum atomic E-state index is 0.714. The average molecular weight is 230 g/mol. The molecular weight excluding hydrogens is 218 g/mol. The maximum atomic E-state index is 5.92. The van der Waals surface area contributed by atoms with Gasteiger partial charge in [-0.2, -0.15) is 0 Å². The molecule has 0 radical (unpaired) electrons. The van der Waals surface area contributed by atoms with Crippen LogP contribution in [-0.2, 0) is 0 Å². The number of aryl methyl sites for hydroxylation is 1. The van der Waals surface area contributed by atoms with Gasteiger partial charge in [-0.3, -0.25) is 4.99 Å². The van der Waals surface area contributed by atoms with E-state index in [1.807, 2.05) is 61.7 Å². The first-order chi connectivity index (χ1) is 7.75. The number of halogens is 1. The summed E-state index contributed by atoms with van der Waals surface area (Å²) in [5, 5.41) is 0.714. The standard InChI is InChI=1S/C14H12ClN/c1-11-7-8-13(15)9-14(11)16-10-12-5-3-2-4-6-12/h2-10H,1H3. The second kappa shape index (κ2) is 4.95. The predicted molar refractivity (Wildman–Crippen MR) is 69.9 cm³/mol. The number of hydrogen-bond donors (Lipinski definition) is 0. The predicted octanol–water partition coefficient (Wildman–Crippen LogP) is 4.40. The Morgan fingerprint density at radius 2 is 1.81 bits per heavy atom. The summed E-state index contributed by atoms with van der Waals surface area (Å²) >= 11 is 5.92. The van der Waals surface area contributed by atoms with Crippen molar-refractivity contribution in [2.75, 3.05) is 0 Å². The largest absolute Gasteiger partial charge is 0.256 e. The maximum Gasteiger partial charge on any atom is 0.0673 e. The van der Waals surface area contributed by atoms with Gasteiger partial charge in [0.15, 0.2) is 0 Å². The highest BCUT2D eigenvalue weighted by Crippen LogP contribution is 2.22. The van der Waals surface area contributed by atoms with E-state index in [1.54, 1.807) is 0 Å². The summed E-state index contributed by atoms with van der Waals surface area (Å²) in [6.07, 6.45) is 1.85. The van der Waals surface area contributed by atoms with Crippen LogP contribution in [0, 0.1) is 6.92 Å². The highest BCUT2D eigenvalue weighted by Gasteiger charge is 1.96. The Morgan fingerprint density at radius 3 is 2.56 bits per heavy atom. The van der Waals surface area contributed by atoms with Crippen molar-refractivity contribution in [2.24, 2.45) is 4.99 Å². The van der Waals surface area contributed by atoms with Crippen molar-refractivity contribution in [2.45, 2.75) is 6.92 Å². The van der Waals surface area contributed by atoms with E-state index in [9.17, 15) is 0 Å². The van der Waals surface area contributed by atoms with E-state index in [0.717, 1.165) is 16.8 Å². The third kappa shape index (κ3) is 2.71. The average Bonchev–Trinajstić information content (AvgIpc) is 2.32. The summed E-state index contributed by atoms with van der Waals surface area (Å²) in [6.45, 7) is 2.02. The van der Waals surface area contributed by atoms with Crippen LogP contribution < -0.4 is 0 Å². The lowest BCUT2D eigenvalue weighted by Crippen LogP contribution is -1.80. The number of aliphatic imine (C=N–C) groups is 1. The van der Waals surface area contributed by atoms with E-state index >= 15 is 0 Å². The first kappa shape index (κ1) is 10.9. The van der Waals surface area contributed by atoms with E-state index in [0.29, 0.717) is 5.02 Å². The summed E-state index contributed by atoms with van der Waals surface area (Å²) in [7, 11) is 0. The molecule has 0 heterocycles. The Kier molecular flexibility index (Phi) is 3.37. The van der Waals surface area contributed by atoms with Crippen LogP contribution in [0.1, 0.15) is 11.1 Å². The zero-order chi connectivity index (χ0) is 11.4. The summed E-state index contributed by atoms with van der Waals surface area (Å²) < 4.78 is 0. The zero-order valence-corrected chi connectivity index (χ0v) is 9.78. The molecule has 1 nitrogen and oxygen atoms in total. The van der Waals surface area contributed by atoms with Crippen LogP contribution in [0.15, 0.2) is 53.5 Å². The van der Waals surface area contributed by atoms with Crippen molar-refractivity contribution >= 4 is 23.5 Å². The van der Waals surface area contributed by atoms with Gasteiger partial charge in [0, 0.05) is 11.2 Å². The molecule has 0 saturated heterocycles. The maximum absolute atomic E-state index is 5.92. The summed E-state index contributed by atoms with van der Waals surface area (Å²) in [5.41, 5.74) is 3.12. The molecular formula is C14H12ClN. The third-order valence-corrected chi connectivity index (χ3v) is 2.56. The summed E-state index contributed by atoms with van der Waals surface area (Å²) in [6, 6.07) is 15.7. The Hall–Kier alpha value is -1.60. The number of benzene rings is 2. The number of hydrogen-bond acceptors (Lipinski definition) is 1. The van der Waals surface area contributed by atoms with E-state index in [4.69, 9.17) is 11.6 Å². The third-order valence-electron chi connectivity index (χ3n) is 2.32. The van der Waals surface area contributed by atoms with Crippen LogP contribution in [0.3, 0.4) is 0 Å². The van der Waals surface area contributed by atoms with E-state index < -0.39 is 0 Å². The fourth-order valence-corrected chi connectivity index (χ4v) is 1.57. The molecule has 0 aliphatic rings. The van der Waals surface area contributed by atoms with Gasteiger partial charge in [0.25, 0.3) is 0 Å². The fourth-order valence-electron chi connectivity index (χ4n) is 1.40. The monoisotopic (exact) mass is 229 g/mol. The minimum absolute atomic E-state index is 0.714. The molecule has 2 rings (SSSR count). The van der Waals surface area contributed by atoms with Crippen LogP contribution in [0.25, 0.3) is 0 Å². The van der Waals surface area contributed by atoms with Crippen LogP contribution in [0.4, 0.5) is 5.69 Å². The van der Waals surface area contributed by atoms with Gasteiger partial charge in [-0.25, -0.2) is 0 Å². The Balaban J connectivity index is 2.27. The van der Waals surface area contributed by atoms with Crippen LogP contribution >= 0.6 is 11.6 Å². The first-order valence-electron chi connectivity index (χ1n) is 5.11. The molecule has 2 aromatic rings. The lowest BCUT2D eigenvalue weighted by atomic mass is 10.2. The first-order valence-corrected chi connectivity index (χ1v) is 5.49. The summed E-state index contributed by atoms with van der Waals surface area (Å²) in [4.78, 5) is 4.43. The van der Waals surface area contributed by atoms with E-state index in [-0.39, 0.29) is 0 Å². The number of rotatable bonds is 2. The van der Waals surface area contributed by atoms with Crippen molar-refractivity contribution in [1.82, 2.24) is 0 Å². The van der Waals surface area contributed by atoms with Crippen LogP contribution in [-0.4, -0.2) is 6.21 Å². The van der Waals surface area contributed by atoms with Crippen molar-refractivity contribution in [3.8, 4) is 0 Å². The SMILES string of the molecule is Cc1ccc(Cl)cc1N=Cc1ccccc1. The molecule has 2 aromatic carbocycles. The molecule has 80 valence electrons. The molecule has 0 atom stereocenters. The molecule has 0 spiro atoms. The molecule has 0 amide bonds. The van der Waals surface area contributed by atoms with Gasteiger partial charge in [-0.05, 0) is 30.2 Å². The fraction of sp³-hybridized carbons (Fsp3) is 0.0714. The Labute approximate surface area is 100 Å². The molecule has 0 bridgehead atoms. The lowest BCUT2D eigenvalue weighted by molar-refractivity contribution is 1.40. The smallest absolute Gasteiger partial charge is 0.0673 e. The quantitative estimate of drug-likeness (QED) is 0.677. The summed E-state index contributed by atoms with van der Waals surface area (Å²) in [5.74, 6) is 0. The highest BCUT2D eigenvalue weighted by atomic mass is 35.5. The Bertz CT molecular complexity index is 503. The molecule has 0 fully saturated rings. The minimum Gasteiger partial charge on any atom is -0.256 e. The topological polar surface area (TPSA) is 12.4 Å². The zero-order valence-electron chi connectivity index (χ0n) is 9.02. The second-order valence-electron chi connectivity index (χ2n) is 3.60. The van der Waals surface area contributed by atoms with Crippen molar-refractivity contribution in [3.05, 3.63) is 64.7 Å². The van der Waals surface area contributed by atoms with Gasteiger partial charge in [0.1, 0.15) is 0 Å². The normalized spacial score (nSPS) is 10.9. The van der Waals surface area contributed by atoms with E-state index in [2.05, 4.69) is 4.99 Å². The second-order valence-corrected chi connectivity index (χ2v) is 4.04. The van der Waals surface area contributed by atoms with Crippen molar-refractivity contribution < 1.29 is 0 Å². The van der Waals surface area contributed by atoms with E-state index in [1.165, 1.54) is 0 Å². The van der Waals surface area contributed by atoms with Gasteiger partial charge < -0.3 is 0 Å². The molecule has 0 N–H and O–H groups in total. The van der Waals surface area contributed by atoms with Crippen LogP contribution in [0.2, 0.25) is 5.02 Å². The van der Waals surface area contributed by atoms with Gasteiger partial charge in [-0.15, -0.1) is 0 Å². The Morgan fingerprint density at radius 1 is 1.06 bits per heavy atom. The van der Waals surface area contributed by atoms with Crippen molar-refractivity contribution in [1.29, 1.82) is 0 Å². The molecule has 2 heteroatoms. The molecule has 0 aliphatic carbocycles. The molecule has 0 aliphatic heterocycles. The number of nitrogens with zero attached hydrogens (tertiary/aromatic N) is 1. The lowest BCUT2D eigenvalue weighted by Gasteiger charge is -2.00. The molecule has 16 heavy (non-hydrogen) atoms. The molecule has 0 unspecified atom stereocenters. The van der Waals surface area contributed by atoms with Gasteiger partial charge >= 0.3 is 0 Å². The highest BCUT2D eigenvalue weighted by molar-refractivity contribution is 6.30. The van der Waals surface area contributed by atoms with Gasteiger partial charge in [0.2, 0.25) is 0 Å². The molecule has 0 saturated carbocycles. The molecule has 0 aromatic heterocycles. The van der Waals surface area contributed by atoms with Gasteiger partial charge in [0.05, 0.1) is 5.69 Å². The van der Waals surface area contributed by atoms with Gasteiger partial charge in [-0.1, -0.05) is 48.0 Å².